The van der Waals surface area contributed by atoms with Gasteiger partial charge < -0.3 is 14.5 Å². The number of ether oxygens (including phenoxy) is 1. The lowest BCUT2D eigenvalue weighted by molar-refractivity contribution is 0.00773. The van der Waals surface area contributed by atoms with E-state index in [1.54, 1.807) is 0 Å². The van der Waals surface area contributed by atoms with Crippen LogP contribution < -0.4 is 0 Å². The fraction of sp³-hybridized carbons (Fsp3) is 1.00. The molecule has 1 unspecified atom stereocenters. The minimum Gasteiger partial charge on any atom is -0.378 e. The summed E-state index contributed by atoms with van der Waals surface area (Å²) in [5, 5.41) is -0.169. The molecule has 1 aliphatic heterocycles. The van der Waals surface area contributed by atoms with Gasteiger partial charge in [-0.2, -0.15) is 0 Å². The molecule has 0 aromatic heterocycles. The van der Waals surface area contributed by atoms with Crippen LogP contribution in [0.1, 0.15) is 80.6 Å². The molecular weight excluding hydrogens is 319 g/mol. The standard InChI is InChI=1S/C12H23BO.C6H14N2.2C2H6/c1-10(2)12(3,13)9-14-11-7-5-4-6-8-11;1-7-3-5-8(2)6-4-7;2*1-2/h10-11H,4-9H2,1-3H3;3-6H2,1-2H3;2*1-2H3. The van der Waals surface area contributed by atoms with Crippen molar-refractivity contribution in [2.45, 2.75) is 92.0 Å². The smallest absolute Gasteiger partial charge is 0.0777 e. The van der Waals surface area contributed by atoms with Crippen LogP contribution in [0.3, 0.4) is 0 Å². The Kier molecular flexibility index (Phi) is 18.5. The highest BCUT2D eigenvalue weighted by Crippen LogP contribution is 2.32. The Hall–Kier alpha value is -0.0551. The molecule has 1 saturated heterocycles. The van der Waals surface area contributed by atoms with Gasteiger partial charge in [-0.1, -0.05) is 67.7 Å². The van der Waals surface area contributed by atoms with Gasteiger partial charge in [-0.25, -0.2) is 0 Å². The highest BCUT2D eigenvalue weighted by molar-refractivity contribution is 6.15. The third kappa shape index (κ3) is 14.1. The summed E-state index contributed by atoms with van der Waals surface area (Å²) in [4.78, 5) is 4.72. The number of nitrogens with zero attached hydrogens (tertiary/aromatic N) is 2. The minimum absolute atomic E-state index is 0.169. The van der Waals surface area contributed by atoms with E-state index in [9.17, 15) is 0 Å². The molecule has 0 N–H and O–H groups in total. The van der Waals surface area contributed by atoms with Gasteiger partial charge in [-0.3, -0.25) is 0 Å². The van der Waals surface area contributed by atoms with Crippen LogP contribution in [0.4, 0.5) is 0 Å². The Morgan fingerprint density at radius 3 is 1.62 bits per heavy atom. The molecule has 26 heavy (non-hydrogen) atoms. The van der Waals surface area contributed by atoms with Crippen molar-refractivity contribution in [3.05, 3.63) is 0 Å². The minimum atomic E-state index is -0.169. The molecule has 0 spiro atoms. The van der Waals surface area contributed by atoms with E-state index in [2.05, 4.69) is 44.7 Å². The molecule has 0 aromatic carbocycles. The topological polar surface area (TPSA) is 15.7 Å². The molecule has 0 amide bonds. The fourth-order valence-corrected chi connectivity index (χ4v) is 2.60. The van der Waals surface area contributed by atoms with Crippen molar-refractivity contribution >= 4 is 7.85 Å². The Morgan fingerprint density at radius 2 is 1.27 bits per heavy atom. The van der Waals surface area contributed by atoms with Crippen LogP contribution >= 0.6 is 0 Å². The first-order valence-electron chi connectivity index (χ1n) is 11.1. The largest absolute Gasteiger partial charge is 0.378 e. The second-order valence-corrected chi connectivity index (χ2v) is 7.84. The van der Waals surface area contributed by atoms with Crippen molar-refractivity contribution in [2.24, 2.45) is 5.92 Å². The molecule has 156 valence electrons. The van der Waals surface area contributed by atoms with Crippen molar-refractivity contribution in [1.29, 1.82) is 0 Å². The fourth-order valence-electron chi connectivity index (χ4n) is 2.60. The lowest BCUT2D eigenvalue weighted by Gasteiger charge is -2.32. The Labute approximate surface area is 167 Å². The quantitative estimate of drug-likeness (QED) is 0.630. The summed E-state index contributed by atoms with van der Waals surface area (Å²) in [6.45, 7) is 20.0. The molecule has 3 nitrogen and oxygen atoms in total. The van der Waals surface area contributed by atoms with Crippen molar-refractivity contribution in [3.8, 4) is 0 Å². The molecule has 2 radical (unpaired) electrons. The summed E-state index contributed by atoms with van der Waals surface area (Å²) in [5.74, 6) is 0.478. The summed E-state index contributed by atoms with van der Waals surface area (Å²) in [5.41, 5.74) is 0. The predicted molar refractivity (Wildman–Crippen MR) is 119 cm³/mol. The summed E-state index contributed by atoms with van der Waals surface area (Å²) in [6.07, 6.45) is 6.97. The molecule has 0 aromatic rings. The van der Waals surface area contributed by atoms with Crippen LogP contribution in [0.25, 0.3) is 0 Å². The predicted octanol–water partition coefficient (Wildman–Crippen LogP) is 5.25. The molecule has 0 bridgehead atoms. The average Bonchev–Trinajstić information content (AvgIpc) is 2.67. The van der Waals surface area contributed by atoms with Gasteiger partial charge >= 0.3 is 0 Å². The summed E-state index contributed by atoms with van der Waals surface area (Å²) < 4.78 is 5.88. The van der Waals surface area contributed by atoms with Gasteiger partial charge in [0.25, 0.3) is 0 Å². The van der Waals surface area contributed by atoms with E-state index in [1.165, 1.54) is 58.3 Å². The summed E-state index contributed by atoms with van der Waals surface area (Å²) >= 11 is 0. The molecule has 4 heteroatoms. The normalized spacial score (nSPS) is 21.3. The second-order valence-electron chi connectivity index (χ2n) is 7.84. The second kappa shape index (κ2) is 17.1. The van der Waals surface area contributed by atoms with Gasteiger partial charge in [0.15, 0.2) is 0 Å². The molecule has 1 aliphatic carbocycles. The zero-order valence-corrected chi connectivity index (χ0v) is 19.6. The molecule has 2 fully saturated rings. The van der Waals surface area contributed by atoms with Gasteiger partial charge in [0.05, 0.1) is 14.0 Å². The Bertz CT molecular complexity index is 274. The van der Waals surface area contributed by atoms with Crippen molar-refractivity contribution < 1.29 is 4.74 Å². The van der Waals surface area contributed by atoms with E-state index in [0.717, 1.165) is 0 Å². The van der Waals surface area contributed by atoms with E-state index in [4.69, 9.17) is 12.6 Å². The van der Waals surface area contributed by atoms with Gasteiger partial charge in [-0.15, -0.1) is 0 Å². The highest BCUT2D eigenvalue weighted by atomic mass is 16.5. The van der Waals surface area contributed by atoms with Crippen LogP contribution in [-0.2, 0) is 4.74 Å². The monoisotopic (exact) mass is 368 g/mol. The van der Waals surface area contributed by atoms with Gasteiger partial charge in [-0.05, 0) is 38.2 Å². The van der Waals surface area contributed by atoms with Gasteiger partial charge in [0, 0.05) is 32.8 Å². The Morgan fingerprint density at radius 1 is 0.885 bits per heavy atom. The van der Waals surface area contributed by atoms with Crippen LogP contribution in [0, 0.1) is 5.92 Å². The number of likely N-dealkylation sites (N-methyl/N-ethyl adjacent to an activating group) is 2. The highest BCUT2D eigenvalue weighted by Gasteiger charge is 2.24. The first kappa shape index (κ1) is 28.2. The molecule has 2 aliphatic rings. The summed E-state index contributed by atoms with van der Waals surface area (Å²) in [7, 11) is 10.5. The van der Waals surface area contributed by atoms with Crippen LogP contribution in [0.2, 0.25) is 5.31 Å². The average molecular weight is 368 g/mol. The molecular formula is C22H49BN2O. The third-order valence-corrected chi connectivity index (χ3v) is 5.23. The number of hydrogen-bond donors (Lipinski definition) is 0. The lowest BCUT2D eigenvalue weighted by atomic mass is 9.64. The molecule has 2 rings (SSSR count). The van der Waals surface area contributed by atoms with Gasteiger partial charge in [0.1, 0.15) is 0 Å². The Balaban J connectivity index is 0. The summed E-state index contributed by atoms with van der Waals surface area (Å²) in [6, 6.07) is 0. The van der Waals surface area contributed by atoms with Gasteiger partial charge in [0.2, 0.25) is 0 Å². The van der Waals surface area contributed by atoms with E-state index in [0.29, 0.717) is 18.6 Å². The first-order chi connectivity index (χ1) is 12.3. The SMILES string of the molecule is CC.CC.CN1CCN(C)CC1.[B]C(C)(COC1CCCCC1)C(C)C. The van der Waals surface area contributed by atoms with Crippen LogP contribution in [0.15, 0.2) is 0 Å². The van der Waals surface area contributed by atoms with Crippen molar-refractivity contribution in [3.63, 3.8) is 0 Å². The van der Waals surface area contributed by atoms with Crippen LogP contribution in [0.5, 0.6) is 0 Å². The van der Waals surface area contributed by atoms with E-state index in [-0.39, 0.29) is 5.31 Å². The first-order valence-corrected chi connectivity index (χ1v) is 11.1. The van der Waals surface area contributed by atoms with E-state index in [1.807, 2.05) is 27.7 Å². The number of hydrogen-bond acceptors (Lipinski definition) is 3. The van der Waals surface area contributed by atoms with E-state index >= 15 is 0 Å². The van der Waals surface area contributed by atoms with Crippen LogP contribution in [-0.4, -0.2) is 70.6 Å². The van der Waals surface area contributed by atoms with Crippen molar-refractivity contribution in [1.82, 2.24) is 9.80 Å². The zero-order chi connectivity index (χ0) is 20.6. The zero-order valence-electron chi connectivity index (χ0n) is 19.6. The van der Waals surface area contributed by atoms with Crippen molar-refractivity contribution in [2.75, 3.05) is 46.9 Å². The third-order valence-electron chi connectivity index (χ3n) is 5.23. The lowest BCUT2D eigenvalue weighted by Crippen LogP contribution is -2.42. The number of rotatable bonds is 4. The number of piperazine rings is 1. The molecule has 1 heterocycles. The maximum Gasteiger partial charge on any atom is 0.0777 e. The maximum absolute atomic E-state index is 6.15. The van der Waals surface area contributed by atoms with E-state index < -0.39 is 0 Å². The maximum atomic E-state index is 6.15. The molecule has 1 saturated carbocycles. The molecule has 1 atom stereocenters.